The minimum Gasteiger partial charge on any atom is -0.367 e. The molecule has 0 atom stereocenters. The fourth-order valence-electron chi connectivity index (χ4n) is 1.53. The Labute approximate surface area is 120 Å². The van der Waals surface area contributed by atoms with Crippen molar-refractivity contribution < 1.29 is 9.18 Å². The number of carbonyl (C=O) groups is 1. The maximum atomic E-state index is 13.5. The largest absolute Gasteiger partial charge is 0.367 e. The molecule has 2 rings (SSSR count). The van der Waals surface area contributed by atoms with Gasteiger partial charge in [-0.2, -0.15) is 0 Å². The summed E-state index contributed by atoms with van der Waals surface area (Å²) >= 11 is 5.62. The van der Waals surface area contributed by atoms with Crippen LogP contribution in [0.1, 0.15) is 10.4 Å². The van der Waals surface area contributed by atoms with Crippen molar-refractivity contribution in [3.63, 3.8) is 0 Å². The second-order valence-corrected chi connectivity index (χ2v) is 4.33. The van der Waals surface area contributed by atoms with Gasteiger partial charge in [0.15, 0.2) is 0 Å². The van der Waals surface area contributed by atoms with Crippen LogP contribution in [0.15, 0.2) is 36.8 Å². The van der Waals surface area contributed by atoms with E-state index < -0.39 is 11.7 Å². The lowest BCUT2D eigenvalue weighted by molar-refractivity contribution is 0.0951. The summed E-state index contributed by atoms with van der Waals surface area (Å²) in [4.78, 5) is 19.6. The number of halogens is 2. The first-order chi connectivity index (χ1) is 9.66. The fourth-order valence-corrected chi connectivity index (χ4v) is 1.68. The van der Waals surface area contributed by atoms with Gasteiger partial charge in [0.25, 0.3) is 5.91 Å². The average Bonchev–Trinajstić information content (AvgIpc) is 2.44. The van der Waals surface area contributed by atoms with Gasteiger partial charge in [-0.3, -0.25) is 9.78 Å². The Bertz CT molecular complexity index is 594. The molecule has 0 fully saturated rings. The molecule has 2 N–H and O–H groups in total. The highest BCUT2D eigenvalue weighted by atomic mass is 35.5. The first kappa shape index (κ1) is 14.2. The predicted molar refractivity (Wildman–Crippen MR) is 74.3 cm³/mol. The molecule has 0 aliphatic heterocycles. The topological polar surface area (TPSA) is 66.9 Å². The quantitative estimate of drug-likeness (QED) is 0.829. The number of nitrogens with one attached hydrogen (secondary N) is 2. The van der Waals surface area contributed by atoms with Gasteiger partial charge in [0.2, 0.25) is 0 Å². The van der Waals surface area contributed by atoms with E-state index >= 15 is 0 Å². The molecule has 1 heterocycles. The first-order valence-corrected chi connectivity index (χ1v) is 6.28. The van der Waals surface area contributed by atoms with Gasteiger partial charge in [0.1, 0.15) is 11.6 Å². The zero-order chi connectivity index (χ0) is 14.4. The molecule has 0 radical (unpaired) electrons. The second kappa shape index (κ2) is 6.81. The number of anilines is 1. The van der Waals surface area contributed by atoms with E-state index in [2.05, 4.69) is 20.6 Å². The number of nitrogens with zero attached hydrogens (tertiary/aromatic N) is 2. The number of carbonyl (C=O) groups excluding carboxylic acids is 1. The van der Waals surface area contributed by atoms with Crippen molar-refractivity contribution in [3.8, 4) is 0 Å². The maximum absolute atomic E-state index is 13.5. The highest BCUT2D eigenvalue weighted by Gasteiger charge is 2.11. The van der Waals surface area contributed by atoms with Crippen LogP contribution in [0.2, 0.25) is 5.02 Å². The number of aromatic nitrogens is 2. The van der Waals surface area contributed by atoms with Crippen molar-refractivity contribution in [3.05, 3.63) is 53.2 Å². The van der Waals surface area contributed by atoms with Gasteiger partial charge >= 0.3 is 0 Å². The molecule has 0 aliphatic rings. The van der Waals surface area contributed by atoms with Crippen LogP contribution in [-0.4, -0.2) is 29.0 Å². The lowest BCUT2D eigenvalue weighted by Gasteiger charge is -2.07. The van der Waals surface area contributed by atoms with E-state index in [1.807, 2.05) is 0 Å². The van der Waals surface area contributed by atoms with Crippen molar-refractivity contribution in [1.82, 2.24) is 15.3 Å². The Morgan fingerprint density at radius 2 is 2.15 bits per heavy atom. The number of amides is 1. The molecule has 0 bridgehead atoms. The smallest absolute Gasteiger partial charge is 0.254 e. The molecule has 0 aliphatic carbocycles. The Morgan fingerprint density at radius 1 is 1.30 bits per heavy atom. The molecule has 1 aromatic heterocycles. The van der Waals surface area contributed by atoms with Gasteiger partial charge < -0.3 is 10.6 Å². The van der Waals surface area contributed by atoms with Crippen LogP contribution in [0.5, 0.6) is 0 Å². The number of hydrogen-bond donors (Lipinski definition) is 2. The van der Waals surface area contributed by atoms with Crippen molar-refractivity contribution in [2.24, 2.45) is 0 Å². The highest BCUT2D eigenvalue weighted by molar-refractivity contribution is 6.30. The lowest BCUT2D eigenvalue weighted by atomic mass is 10.2. The van der Waals surface area contributed by atoms with Crippen molar-refractivity contribution >= 4 is 23.3 Å². The predicted octanol–water partition coefficient (Wildman–Crippen LogP) is 2.11. The minimum absolute atomic E-state index is 0.0334. The molecule has 0 saturated carbocycles. The fraction of sp³-hybridized carbons (Fsp3) is 0.154. The summed E-state index contributed by atoms with van der Waals surface area (Å²) in [5.74, 6) is -0.517. The molecule has 1 amide bonds. The molecule has 1 aromatic carbocycles. The van der Waals surface area contributed by atoms with Crippen LogP contribution in [0.25, 0.3) is 0 Å². The molecular weight excluding hydrogens is 283 g/mol. The third kappa shape index (κ3) is 3.89. The van der Waals surface area contributed by atoms with Crippen molar-refractivity contribution in [2.75, 3.05) is 18.4 Å². The number of hydrogen-bond acceptors (Lipinski definition) is 4. The SMILES string of the molecule is O=C(NCCNc1cnccn1)c1ccc(Cl)cc1F. The van der Waals surface area contributed by atoms with Crippen molar-refractivity contribution in [1.29, 1.82) is 0 Å². The molecule has 0 spiro atoms. The van der Waals surface area contributed by atoms with E-state index in [0.29, 0.717) is 18.9 Å². The summed E-state index contributed by atoms with van der Waals surface area (Å²) in [6.45, 7) is 0.789. The van der Waals surface area contributed by atoms with Crippen LogP contribution in [-0.2, 0) is 0 Å². The normalized spacial score (nSPS) is 10.1. The van der Waals surface area contributed by atoms with Gasteiger partial charge in [0.05, 0.1) is 11.8 Å². The Kier molecular flexibility index (Phi) is 4.84. The van der Waals surface area contributed by atoms with E-state index in [1.54, 1.807) is 18.6 Å². The Hall–Kier alpha value is -2.21. The maximum Gasteiger partial charge on any atom is 0.254 e. The second-order valence-electron chi connectivity index (χ2n) is 3.90. The van der Waals surface area contributed by atoms with E-state index in [1.165, 1.54) is 12.1 Å². The van der Waals surface area contributed by atoms with Crippen LogP contribution in [0, 0.1) is 5.82 Å². The van der Waals surface area contributed by atoms with Crippen LogP contribution in [0.4, 0.5) is 10.2 Å². The van der Waals surface area contributed by atoms with Gasteiger partial charge in [0, 0.05) is 30.5 Å². The highest BCUT2D eigenvalue weighted by Crippen LogP contribution is 2.14. The van der Waals surface area contributed by atoms with Crippen LogP contribution >= 0.6 is 11.6 Å². The molecule has 0 saturated heterocycles. The van der Waals surface area contributed by atoms with E-state index in [-0.39, 0.29) is 10.6 Å². The zero-order valence-corrected chi connectivity index (χ0v) is 11.2. The molecule has 104 valence electrons. The lowest BCUT2D eigenvalue weighted by Crippen LogP contribution is -2.29. The summed E-state index contributed by atoms with van der Waals surface area (Å²) in [5, 5.41) is 5.82. The molecular formula is C13H12ClFN4O. The molecule has 0 unspecified atom stereocenters. The number of benzene rings is 1. The molecule has 7 heteroatoms. The van der Waals surface area contributed by atoms with Gasteiger partial charge in [-0.1, -0.05) is 11.6 Å². The van der Waals surface area contributed by atoms with Gasteiger partial charge in [-0.05, 0) is 18.2 Å². The third-order valence-electron chi connectivity index (χ3n) is 2.46. The zero-order valence-electron chi connectivity index (χ0n) is 10.4. The van der Waals surface area contributed by atoms with Crippen LogP contribution in [0.3, 0.4) is 0 Å². The summed E-state index contributed by atoms with van der Waals surface area (Å²) in [5.41, 5.74) is -0.0334. The monoisotopic (exact) mass is 294 g/mol. The molecule has 20 heavy (non-hydrogen) atoms. The number of rotatable bonds is 5. The van der Waals surface area contributed by atoms with E-state index in [0.717, 1.165) is 6.07 Å². The summed E-state index contributed by atoms with van der Waals surface area (Å²) in [6.07, 6.45) is 4.70. The third-order valence-corrected chi connectivity index (χ3v) is 2.69. The summed E-state index contributed by atoms with van der Waals surface area (Å²) in [6, 6.07) is 3.93. The van der Waals surface area contributed by atoms with Gasteiger partial charge in [-0.25, -0.2) is 9.37 Å². The Balaban J connectivity index is 1.80. The van der Waals surface area contributed by atoms with E-state index in [4.69, 9.17) is 11.6 Å². The molecule has 2 aromatic rings. The standard InChI is InChI=1S/C13H12ClFN4O/c14-9-1-2-10(11(15)7-9)13(20)19-6-5-18-12-8-16-3-4-17-12/h1-4,7-8H,5-6H2,(H,17,18)(H,19,20). The summed E-state index contributed by atoms with van der Waals surface area (Å²) < 4.78 is 13.5. The summed E-state index contributed by atoms with van der Waals surface area (Å²) in [7, 11) is 0. The molecule has 5 nitrogen and oxygen atoms in total. The first-order valence-electron chi connectivity index (χ1n) is 5.90. The van der Waals surface area contributed by atoms with E-state index in [9.17, 15) is 9.18 Å². The van der Waals surface area contributed by atoms with Crippen LogP contribution < -0.4 is 10.6 Å². The minimum atomic E-state index is -0.642. The average molecular weight is 295 g/mol. The van der Waals surface area contributed by atoms with Gasteiger partial charge in [-0.15, -0.1) is 0 Å². The Morgan fingerprint density at radius 3 is 2.85 bits per heavy atom. The van der Waals surface area contributed by atoms with Crippen molar-refractivity contribution in [2.45, 2.75) is 0 Å².